The summed E-state index contributed by atoms with van der Waals surface area (Å²) in [5.41, 5.74) is 7.05. The number of halogens is 4. The minimum absolute atomic E-state index is 0. The summed E-state index contributed by atoms with van der Waals surface area (Å²) in [6.07, 6.45) is 0.926. The van der Waals surface area contributed by atoms with Gasteiger partial charge in [0.1, 0.15) is 10.7 Å². The maximum absolute atomic E-state index is 12.6. The number of nitrogens with two attached hydrogens (primary N) is 1. The summed E-state index contributed by atoms with van der Waals surface area (Å²) in [6, 6.07) is 5.26. The molecule has 2 aromatic rings. The Labute approximate surface area is 173 Å². The molecule has 9 heteroatoms. The normalized spacial score (nSPS) is 19.3. The lowest BCUT2D eigenvalue weighted by Gasteiger charge is -2.22. The van der Waals surface area contributed by atoms with Crippen LogP contribution in [-0.4, -0.2) is 35.4 Å². The van der Waals surface area contributed by atoms with Crippen molar-refractivity contribution in [2.24, 2.45) is 11.1 Å². The van der Waals surface area contributed by atoms with Gasteiger partial charge >= 0.3 is 0 Å². The predicted octanol–water partition coefficient (Wildman–Crippen LogP) is 4.77. The summed E-state index contributed by atoms with van der Waals surface area (Å²) in [5, 5.41) is 3.60. The Morgan fingerprint density at radius 1 is 1.40 bits per heavy atom. The van der Waals surface area contributed by atoms with Crippen LogP contribution >= 0.6 is 59.4 Å². The van der Waals surface area contributed by atoms with Crippen LogP contribution in [0.25, 0.3) is 10.6 Å². The Balaban J connectivity index is 0.00000156. The summed E-state index contributed by atoms with van der Waals surface area (Å²) in [4.78, 5) is 18.9. The molecule has 1 aliphatic rings. The second-order valence-electron chi connectivity index (χ2n) is 6.15. The largest absolute Gasteiger partial charge is 0.337 e. The van der Waals surface area contributed by atoms with E-state index in [4.69, 9.17) is 28.9 Å². The number of nitrogens with zero attached hydrogens (tertiary/aromatic N) is 2. The van der Waals surface area contributed by atoms with Gasteiger partial charge in [-0.25, -0.2) is 4.98 Å². The lowest BCUT2D eigenvalue weighted by molar-refractivity contribution is 0.0772. The van der Waals surface area contributed by atoms with Gasteiger partial charge in [-0.15, -0.1) is 36.2 Å². The van der Waals surface area contributed by atoms with Crippen LogP contribution in [0, 0.1) is 5.41 Å². The van der Waals surface area contributed by atoms with E-state index in [-0.39, 0.29) is 36.1 Å². The summed E-state index contributed by atoms with van der Waals surface area (Å²) >= 11 is 13.5. The van der Waals surface area contributed by atoms with Gasteiger partial charge in [0.15, 0.2) is 0 Å². The zero-order valence-electron chi connectivity index (χ0n) is 13.5. The Kier molecular flexibility index (Phi) is 7.99. The number of benzene rings is 1. The number of amides is 1. The topological polar surface area (TPSA) is 59.2 Å². The first-order valence-electron chi connectivity index (χ1n) is 7.32. The summed E-state index contributed by atoms with van der Waals surface area (Å²) < 4.78 is 0. The highest BCUT2D eigenvalue weighted by molar-refractivity contribution is 7.13. The third kappa shape index (κ3) is 4.79. The van der Waals surface area contributed by atoms with Gasteiger partial charge in [0.05, 0.1) is 5.02 Å². The van der Waals surface area contributed by atoms with Crippen molar-refractivity contribution in [2.75, 3.05) is 19.6 Å². The molecule has 1 atom stereocenters. The zero-order valence-corrected chi connectivity index (χ0v) is 17.5. The van der Waals surface area contributed by atoms with Gasteiger partial charge < -0.3 is 10.6 Å². The molecule has 0 radical (unpaired) electrons. The second-order valence-corrected chi connectivity index (χ2v) is 7.86. The summed E-state index contributed by atoms with van der Waals surface area (Å²) in [5.74, 6) is -0.0465. The van der Waals surface area contributed by atoms with Crippen molar-refractivity contribution in [3.05, 3.63) is 39.3 Å². The maximum Gasteiger partial charge on any atom is 0.273 e. The van der Waals surface area contributed by atoms with E-state index in [1.54, 1.807) is 17.5 Å². The molecule has 25 heavy (non-hydrogen) atoms. The standard InChI is InChI=1S/C16H17Cl2N3OS.2ClH/c1-16(8-19)4-5-21(9-16)15(22)13-7-23-14(20-13)11-3-2-10(17)6-12(11)18;;/h2-3,6-7H,4-5,8-9,19H2,1H3;2*1H. The van der Waals surface area contributed by atoms with Crippen LogP contribution in [-0.2, 0) is 0 Å². The van der Waals surface area contributed by atoms with E-state index in [0.717, 1.165) is 23.5 Å². The Morgan fingerprint density at radius 2 is 2.12 bits per heavy atom. The molecule has 4 nitrogen and oxygen atoms in total. The third-order valence-corrected chi connectivity index (χ3v) is 5.65. The number of aromatic nitrogens is 1. The lowest BCUT2D eigenvalue weighted by atomic mass is 9.90. The molecular formula is C16H19Cl4N3OS. The van der Waals surface area contributed by atoms with Gasteiger partial charge in [0.2, 0.25) is 0 Å². The first kappa shape index (κ1) is 22.5. The van der Waals surface area contributed by atoms with E-state index < -0.39 is 0 Å². The molecule has 1 amide bonds. The number of hydrogen-bond donors (Lipinski definition) is 1. The first-order valence-corrected chi connectivity index (χ1v) is 8.96. The Bertz CT molecular complexity index is 755. The molecule has 2 heterocycles. The van der Waals surface area contributed by atoms with Gasteiger partial charge in [0.25, 0.3) is 5.91 Å². The van der Waals surface area contributed by atoms with Gasteiger partial charge in [-0.3, -0.25) is 4.79 Å². The fourth-order valence-corrected chi connectivity index (χ4v) is 4.07. The van der Waals surface area contributed by atoms with Crippen molar-refractivity contribution in [1.29, 1.82) is 0 Å². The lowest BCUT2D eigenvalue weighted by Crippen LogP contribution is -2.34. The van der Waals surface area contributed by atoms with Crippen LogP contribution in [0.1, 0.15) is 23.8 Å². The molecule has 0 saturated carbocycles. The molecule has 1 aliphatic heterocycles. The molecule has 1 aromatic carbocycles. The molecule has 0 spiro atoms. The van der Waals surface area contributed by atoms with Gasteiger partial charge in [-0.05, 0) is 36.6 Å². The third-order valence-electron chi connectivity index (χ3n) is 4.22. The molecule has 0 aliphatic carbocycles. The molecule has 3 rings (SSSR count). The fourth-order valence-electron chi connectivity index (χ4n) is 2.68. The van der Waals surface area contributed by atoms with Crippen LogP contribution in [0.4, 0.5) is 0 Å². The fraction of sp³-hybridized carbons (Fsp3) is 0.375. The van der Waals surface area contributed by atoms with Crippen LogP contribution in [0.2, 0.25) is 10.0 Å². The van der Waals surface area contributed by atoms with E-state index in [2.05, 4.69) is 11.9 Å². The number of rotatable bonds is 3. The van der Waals surface area contributed by atoms with E-state index in [1.165, 1.54) is 11.3 Å². The average molecular weight is 443 g/mol. The number of thiazole rings is 1. The van der Waals surface area contributed by atoms with E-state index in [9.17, 15) is 4.79 Å². The molecule has 1 fully saturated rings. The molecular weight excluding hydrogens is 424 g/mol. The monoisotopic (exact) mass is 441 g/mol. The quantitative estimate of drug-likeness (QED) is 0.744. The Hall–Kier alpha value is -0.560. The van der Waals surface area contributed by atoms with Crippen molar-refractivity contribution in [1.82, 2.24) is 9.88 Å². The van der Waals surface area contributed by atoms with E-state index in [1.807, 2.05) is 11.0 Å². The minimum atomic E-state index is -0.0465. The van der Waals surface area contributed by atoms with Crippen molar-refractivity contribution in [2.45, 2.75) is 13.3 Å². The van der Waals surface area contributed by atoms with Crippen LogP contribution < -0.4 is 5.73 Å². The molecule has 138 valence electrons. The molecule has 1 saturated heterocycles. The highest BCUT2D eigenvalue weighted by Gasteiger charge is 2.35. The summed E-state index contributed by atoms with van der Waals surface area (Å²) in [7, 11) is 0. The van der Waals surface area contributed by atoms with Crippen LogP contribution in [0.3, 0.4) is 0 Å². The van der Waals surface area contributed by atoms with E-state index in [0.29, 0.717) is 28.8 Å². The van der Waals surface area contributed by atoms with Crippen molar-refractivity contribution >= 4 is 65.3 Å². The SMILES string of the molecule is CC1(CN)CCN(C(=O)c2csc(-c3ccc(Cl)cc3Cl)n2)C1.Cl.Cl. The van der Waals surface area contributed by atoms with Crippen molar-refractivity contribution in [3.8, 4) is 10.6 Å². The molecule has 1 unspecified atom stereocenters. The van der Waals surface area contributed by atoms with Crippen molar-refractivity contribution < 1.29 is 4.79 Å². The number of carbonyl (C=O) groups is 1. The Morgan fingerprint density at radius 3 is 2.72 bits per heavy atom. The minimum Gasteiger partial charge on any atom is -0.337 e. The maximum atomic E-state index is 12.6. The van der Waals surface area contributed by atoms with Crippen LogP contribution in [0.5, 0.6) is 0 Å². The van der Waals surface area contributed by atoms with Gasteiger partial charge in [0, 0.05) is 29.1 Å². The predicted molar refractivity (Wildman–Crippen MR) is 110 cm³/mol. The molecule has 1 aromatic heterocycles. The highest BCUT2D eigenvalue weighted by atomic mass is 35.5. The van der Waals surface area contributed by atoms with Gasteiger partial charge in [-0.1, -0.05) is 30.1 Å². The number of hydrogen-bond acceptors (Lipinski definition) is 4. The van der Waals surface area contributed by atoms with Crippen molar-refractivity contribution in [3.63, 3.8) is 0 Å². The second kappa shape index (κ2) is 8.89. The molecule has 0 bridgehead atoms. The highest BCUT2D eigenvalue weighted by Crippen LogP contribution is 2.34. The molecule has 2 N–H and O–H groups in total. The smallest absolute Gasteiger partial charge is 0.273 e. The van der Waals surface area contributed by atoms with Crippen LogP contribution in [0.15, 0.2) is 23.6 Å². The van der Waals surface area contributed by atoms with E-state index >= 15 is 0 Å². The summed E-state index contributed by atoms with van der Waals surface area (Å²) in [6.45, 7) is 4.09. The zero-order chi connectivity index (χ0) is 16.6. The average Bonchev–Trinajstić information content (AvgIpc) is 3.14. The number of likely N-dealkylation sites (tertiary alicyclic amines) is 1. The number of carbonyl (C=O) groups excluding carboxylic acids is 1. The van der Waals surface area contributed by atoms with Gasteiger partial charge in [-0.2, -0.15) is 0 Å². The first-order chi connectivity index (χ1) is 10.9.